The van der Waals surface area contributed by atoms with E-state index in [1.165, 1.54) is 55.2 Å². The molecule has 3 heteroatoms. The predicted molar refractivity (Wildman–Crippen MR) is 111 cm³/mol. The van der Waals surface area contributed by atoms with Crippen LogP contribution in [-0.2, 0) is 13.2 Å². The summed E-state index contributed by atoms with van der Waals surface area (Å²) in [4.78, 5) is 0. The number of nitrogens with one attached hydrogen (secondary N) is 1. The van der Waals surface area contributed by atoms with Gasteiger partial charge in [0.25, 0.3) is 0 Å². The summed E-state index contributed by atoms with van der Waals surface area (Å²) in [6.45, 7) is 6.20. The van der Waals surface area contributed by atoms with Crippen molar-refractivity contribution in [2.75, 3.05) is 6.61 Å². The van der Waals surface area contributed by atoms with Crippen molar-refractivity contribution in [2.24, 2.45) is 0 Å². The summed E-state index contributed by atoms with van der Waals surface area (Å²) in [7, 11) is 0. The fraction of sp³-hybridized carbons (Fsp3) is 0.500. The van der Waals surface area contributed by atoms with Crippen molar-refractivity contribution in [3.8, 4) is 11.5 Å². The zero-order valence-electron chi connectivity index (χ0n) is 16.8. The van der Waals surface area contributed by atoms with Gasteiger partial charge in [-0.1, -0.05) is 61.6 Å². The lowest BCUT2D eigenvalue weighted by Crippen LogP contribution is -2.27. The fourth-order valence-corrected chi connectivity index (χ4v) is 3.76. The zero-order chi connectivity index (χ0) is 18.9. The Morgan fingerprint density at radius 1 is 0.889 bits per heavy atom. The van der Waals surface area contributed by atoms with Gasteiger partial charge in [0.15, 0.2) is 11.5 Å². The molecule has 3 nitrogen and oxygen atoms in total. The Labute approximate surface area is 164 Å². The molecule has 0 radical (unpaired) electrons. The smallest absolute Gasteiger partial charge is 0.161 e. The Hall–Kier alpha value is -2.00. The average molecular weight is 368 g/mol. The van der Waals surface area contributed by atoms with Crippen molar-refractivity contribution in [2.45, 2.75) is 71.6 Å². The molecule has 0 aliphatic heterocycles. The minimum atomic E-state index is 0.557. The van der Waals surface area contributed by atoms with Gasteiger partial charge in [-0.2, -0.15) is 0 Å². The van der Waals surface area contributed by atoms with Crippen LogP contribution in [0.25, 0.3) is 0 Å². The maximum atomic E-state index is 6.05. The van der Waals surface area contributed by atoms with Crippen LogP contribution in [0.4, 0.5) is 0 Å². The molecule has 0 atom stereocenters. The van der Waals surface area contributed by atoms with E-state index in [1.807, 2.05) is 13.0 Å². The highest BCUT2D eigenvalue weighted by molar-refractivity contribution is 5.43. The number of benzene rings is 2. The molecule has 27 heavy (non-hydrogen) atoms. The summed E-state index contributed by atoms with van der Waals surface area (Å²) in [6, 6.07) is 15.4. The monoisotopic (exact) mass is 367 g/mol. The third-order valence-electron chi connectivity index (χ3n) is 5.23. The summed E-state index contributed by atoms with van der Waals surface area (Å²) in [6.07, 6.45) is 8.09. The third kappa shape index (κ3) is 6.28. The van der Waals surface area contributed by atoms with Gasteiger partial charge in [0.05, 0.1) is 6.61 Å². The maximum Gasteiger partial charge on any atom is 0.161 e. The SMILES string of the molecule is CCOc1cc(CNC2CCCCCC2)ccc1OCc1cccc(C)c1. The van der Waals surface area contributed by atoms with Crippen LogP contribution < -0.4 is 14.8 Å². The molecule has 0 aromatic heterocycles. The van der Waals surface area contributed by atoms with E-state index in [1.54, 1.807) is 0 Å². The van der Waals surface area contributed by atoms with Crippen LogP contribution in [0.3, 0.4) is 0 Å². The maximum absolute atomic E-state index is 6.05. The van der Waals surface area contributed by atoms with Crippen molar-refractivity contribution in [3.63, 3.8) is 0 Å². The molecule has 1 aliphatic rings. The van der Waals surface area contributed by atoms with Gasteiger partial charge in [-0.05, 0) is 49.9 Å². The highest BCUT2D eigenvalue weighted by atomic mass is 16.5. The van der Waals surface area contributed by atoms with Crippen molar-refractivity contribution in [1.29, 1.82) is 0 Å². The summed E-state index contributed by atoms with van der Waals surface area (Å²) in [5.41, 5.74) is 3.68. The number of rotatable bonds is 8. The molecule has 0 unspecified atom stereocenters. The molecule has 2 aromatic carbocycles. The highest BCUT2D eigenvalue weighted by Gasteiger charge is 2.12. The molecule has 0 spiro atoms. The molecule has 3 rings (SSSR count). The highest BCUT2D eigenvalue weighted by Crippen LogP contribution is 2.29. The van der Waals surface area contributed by atoms with Crippen molar-refractivity contribution in [1.82, 2.24) is 5.32 Å². The normalized spacial score (nSPS) is 15.3. The second kappa shape index (κ2) is 10.4. The van der Waals surface area contributed by atoms with Gasteiger partial charge in [0, 0.05) is 12.6 Å². The van der Waals surface area contributed by atoms with Gasteiger partial charge >= 0.3 is 0 Å². The Balaban J connectivity index is 1.61. The summed E-state index contributed by atoms with van der Waals surface area (Å²) in [5.74, 6) is 1.65. The number of hydrogen-bond acceptors (Lipinski definition) is 3. The first-order chi connectivity index (χ1) is 13.2. The number of hydrogen-bond donors (Lipinski definition) is 1. The van der Waals surface area contributed by atoms with Crippen LogP contribution in [0.1, 0.15) is 62.1 Å². The van der Waals surface area contributed by atoms with Gasteiger partial charge in [0.2, 0.25) is 0 Å². The Bertz CT molecular complexity index is 705. The van der Waals surface area contributed by atoms with Gasteiger partial charge in [-0.3, -0.25) is 0 Å². The average Bonchev–Trinajstić information content (AvgIpc) is 2.95. The predicted octanol–water partition coefficient (Wildman–Crippen LogP) is 5.79. The second-order valence-electron chi connectivity index (χ2n) is 7.56. The van der Waals surface area contributed by atoms with E-state index in [0.717, 1.165) is 18.0 Å². The molecule has 1 fully saturated rings. The van der Waals surface area contributed by atoms with Crippen molar-refractivity contribution >= 4 is 0 Å². The summed E-state index contributed by atoms with van der Waals surface area (Å²) < 4.78 is 11.9. The first-order valence-corrected chi connectivity index (χ1v) is 10.4. The molecule has 146 valence electrons. The van der Waals surface area contributed by atoms with E-state index in [2.05, 4.69) is 48.6 Å². The topological polar surface area (TPSA) is 30.5 Å². The van der Waals surface area contributed by atoms with Gasteiger partial charge in [-0.25, -0.2) is 0 Å². The molecular weight excluding hydrogens is 334 g/mol. The summed E-state index contributed by atoms with van der Waals surface area (Å²) >= 11 is 0. The van der Waals surface area contributed by atoms with Crippen molar-refractivity contribution < 1.29 is 9.47 Å². The fourth-order valence-electron chi connectivity index (χ4n) is 3.76. The first-order valence-electron chi connectivity index (χ1n) is 10.4. The Morgan fingerprint density at radius 2 is 1.70 bits per heavy atom. The quantitative estimate of drug-likeness (QED) is 0.599. The molecule has 1 saturated carbocycles. The minimum Gasteiger partial charge on any atom is -0.490 e. The second-order valence-corrected chi connectivity index (χ2v) is 7.56. The van der Waals surface area contributed by atoms with Crippen LogP contribution in [0.15, 0.2) is 42.5 Å². The van der Waals surface area contributed by atoms with E-state index in [-0.39, 0.29) is 0 Å². The number of ether oxygens (including phenoxy) is 2. The molecule has 1 N–H and O–H groups in total. The molecule has 0 saturated heterocycles. The van der Waals surface area contributed by atoms with Crippen LogP contribution in [-0.4, -0.2) is 12.6 Å². The molecule has 0 heterocycles. The van der Waals surface area contributed by atoms with Crippen LogP contribution in [0.2, 0.25) is 0 Å². The van der Waals surface area contributed by atoms with Crippen LogP contribution >= 0.6 is 0 Å². The van der Waals surface area contributed by atoms with Gasteiger partial charge < -0.3 is 14.8 Å². The molecular formula is C24H33NO2. The molecule has 2 aromatic rings. The Morgan fingerprint density at radius 3 is 2.44 bits per heavy atom. The third-order valence-corrected chi connectivity index (χ3v) is 5.23. The van der Waals surface area contributed by atoms with Crippen LogP contribution in [0.5, 0.6) is 11.5 Å². The first kappa shape index (κ1) is 19.8. The lowest BCUT2D eigenvalue weighted by molar-refractivity contribution is 0.269. The van der Waals surface area contributed by atoms with E-state index in [4.69, 9.17) is 9.47 Å². The largest absolute Gasteiger partial charge is 0.490 e. The van der Waals surface area contributed by atoms with Gasteiger partial charge in [-0.15, -0.1) is 0 Å². The molecule has 0 amide bonds. The van der Waals surface area contributed by atoms with Crippen molar-refractivity contribution in [3.05, 3.63) is 59.2 Å². The van der Waals surface area contributed by atoms with E-state index in [9.17, 15) is 0 Å². The molecule has 1 aliphatic carbocycles. The zero-order valence-corrected chi connectivity index (χ0v) is 16.8. The number of aryl methyl sites for hydroxylation is 1. The standard InChI is InChI=1S/C24H33NO2/c1-3-26-24-16-20(17-25-22-11-6-4-5-7-12-22)13-14-23(24)27-18-21-10-8-9-19(2)15-21/h8-10,13-16,22,25H,3-7,11-12,17-18H2,1-2H3. The lowest BCUT2D eigenvalue weighted by atomic mass is 10.1. The lowest BCUT2D eigenvalue weighted by Gasteiger charge is -2.18. The minimum absolute atomic E-state index is 0.557. The Kier molecular flexibility index (Phi) is 7.58. The molecule has 0 bridgehead atoms. The van der Waals surface area contributed by atoms with E-state index < -0.39 is 0 Å². The van der Waals surface area contributed by atoms with Gasteiger partial charge in [0.1, 0.15) is 6.61 Å². The van der Waals surface area contributed by atoms with Crippen LogP contribution in [0, 0.1) is 6.92 Å². The van der Waals surface area contributed by atoms with E-state index in [0.29, 0.717) is 19.3 Å². The van der Waals surface area contributed by atoms with E-state index >= 15 is 0 Å². The summed E-state index contributed by atoms with van der Waals surface area (Å²) in [5, 5.41) is 3.73.